The lowest BCUT2D eigenvalue weighted by Gasteiger charge is -2.38. The molecule has 2 N–H and O–H groups in total. The number of hydrogen-bond acceptors (Lipinski definition) is 6. The molecular formula is C9H16O6. The zero-order valence-corrected chi connectivity index (χ0v) is 8.70. The molecule has 15 heavy (non-hydrogen) atoms. The molecule has 2 saturated heterocycles. The Bertz CT molecular complexity index is 223. The second-order valence-electron chi connectivity index (χ2n) is 3.72. The Hall–Kier alpha value is -0.240. The van der Waals surface area contributed by atoms with Crippen LogP contribution in [0.4, 0.5) is 0 Å². The summed E-state index contributed by atoms with van der Waals surface area (Å²) >= 11 is 0. The van der Waals surface area contributed by atoms with Crippen LogP contribution in [0.25, 0.3) is 0 Å². The third-order valence-corrected chi connectivity index (χ3v) is 2.72. The minimum absolute atomic E-state index is 0.191. The van der Waals surface area contributed by atoms with Gasteiger partial charge in [-0.25, -0.2) is 0 Å². The van der Waals surface area contributed by atoms with E-state index in [1.165, 1.54) is 7.11 Å². The van der Waals surface area contributed by atoms with Gasteiger partial charge in [0.15, 0.2) is 12.6 Å². The quantitative estimate of drug-likeness (QED) is 0.611. The SMILES string of the molecule is CO[C@@H]1O[C@H](CO)[C@@H]2OC(C)O[C@@H]2[C@H]1O. The van der Waals surface area contributed by atoms with Crippen LogP contribution >= 0.6 is 0 Å². The van der Waals surface area contributed by atoms with Crippen LogP contribution in [0.1, 0.15) is 6.92 Å². The van der Waals surface area contributed by atoms with Gasteiger partial charge in [-0.05, 0) is 6.92 Å². The van der Waals surface area contributed by atoms with Crippen molar-refractivity contribution in [2.24, 2.45) is 0 Å². The van der Waals surface area contributed by atoms with Crippen molar-refractivity contribution in [2.45, 2.75) is 43.9 Å². The Morgan fingerprint density at radius 2 is 1.87 bits per heavy atom. The van der Waals surface area contributed by atoms with Crippen molar-refractivity contribution in [2.75, 3.05) is 13.7 Å². The highest BCUT2D eigenvalue weighted by Gasteiger charge is 2.51. The van der Waals surface area contributed by atoms with Crippen molar-refractivity contribution in [1.82, 2.24) is 0 Å². The van der Waals surface area contributed by atoms with Crippen LogP contribution in [0.15, 0.2) is 0 Å². The van der Waals surface area contributed by atoms with E-state index in [0.717, 1.165) is 0 Å². The van der Waals surface area contributed by atoms with Crippen LogP contribution in [-0.2, 0) is 18.9 Å². The van der Waals surface area contributed by atoms with Gasteiger partial charge in [0.1, 0.15) is 24.4 Å². The molecule has 0 aromatic heterocycles. The molecule has 0 aliphatic carbocycles. The lowest BCUT2D eigenvalue weighted by molar-refractivity contribution is -0.274. The molecule has 1 unspecified atom stereocenters. The highest BCUT2D eigenvalue weighted by atomic mass is 16.8. The molecule has 0 spiro atoms. The third-order valence-electron chi connectivity index (χ3n) is 2.72. The van der Waals surface area contributed by atoms with Gasteiger partial charge in [0, 0.05) is 7.11 Å². The molecule has 0 amide bonds. The molecule has 2 aliphatic heterocycles. The first kappa shape index (κ1) is 11.3. The summed E-state index contributed by atoms with van der Waals surface area (Å²) in [5.41, 5.74) is 0. The van der Waals surface area contributed by atoms with Crippen molar-refractivity contribution in [1.29, 1.82) is 0 Å². The molecule has 0 aromatic carbocycles. The van der Waals surface area contributed by atoms with Gasteiger partial charge in [-0.15, -0.1) is 0 Å². The van der Waals surface area contributed by atoms with Crippen molar-refractivity contribution < 1.29 is 29.2 Å². The smallest absolute Gasteiger partial charge is 0.186 e. The van der Waals surface area contributed by atoms with Gasteiger partial charge in [0.05, 0.1) is 6.61 Å². The summed E-state index contributed by atoms with van der Waals surface area (Å²) in [6.45, 7) is 1.55. The molecule has 2 heterocycles. The molecule has 88 valence electrons. The zero-order valence-electron chi connectivity index (χ0n) is 8.70. The second-order valence-corrected chi connectivity index (χ2v) is 3.72. The summed E-state index contributed by atoms with van der Waals surface area (Å²) in [5.74, 6) is 0. The molecule has 6 atom stereocenters. The van der Waals surface area contributed by atoms with Gasteiger partial charge < -0.3 is 29.2 Å². The van der Waals surface area contributed by atoms with E-state index >= 15 is 0 Å². The summed E-state index contributed by atoms with van der Waals surface area (Å²) in [7, 11) is 1.43. The summed E-state index contributed by atoms with van der Waals surface area (Å²) in [6, 6.07) is 0. The first-order valence-electron chi connectivity index (χ1n) is 4.95. The van der Waals surface area contributed by atoms with Crippen LogP contribution in [-0.4, -0.2) is 60.9 Å². The van der Waals surface area contributed by atoms with Crippen LogP contribution in [0.5, 0.6) is 0 Å². The van der Waals surface area contributed by atoms with E-state index in [4.69, 9.17) is 24.1 Å². The van der Waals surface area contributed by atoms with Crippen LogP contribution in [0.2, 0.25) is 0 Å². The molecule has 2 fully saturated rings. The van der Waals surface area contributed by atoms with Crippen LogP contribution in [0.3, 0.4) is 0 Å². The highest BCUT2D eigenvalue weighted by molar-refractivity contribution is 4.94. The topological polar surface area (TPSA) is 77.4 Å². The molecule has 2 aliphatic rings. The van der Waals surface area contributed by atoms with E-state index in [9.17, 15) is 5.11 Å². The fourth-order valence-corrected chi connectivity index (χ4v) is 2.03. The predicted octanol–water partition coefficient (Wildman–Crippen LogP) is -1.16. The Morgan fingerprint density at radius 3 is 2.47 bits per heavy atom. The molecule has 0 aromatic rings. The number of hydrogen-bond donors (Lipinski definition) is 2. The van der Waals surface area contributed by atoms with E-state index in [2.05, 4.69) is 0 Å². The van der Waals surface area contributed by atoms with E-state index in [1.807, 2.05) is 0 Å². The predicted molar refractivity (Wildman–Crippen MR) is 48.0 cm³/mol. The fourth-order valence-electron chi connectivity index (χ4n) is 2.03. The summed E-state index contributed by atoms with van der Waals surface area (Å²) in [5, 5.41) is 19.0. The van der Waals surface area contributed by atoms with E-state index in [1.54, 1.807) is 6.92 Å². The van der Waals surface area contributed by atoms with E-state index in [-0.39, 0.29) is 6.61 Å². The van der Waals surface area contributed by atoms with Crippen molar-refractivity contribution >= 4 is 0 Å². The Balaban J connectivity index is 2.13. The first-order chi connectivity index (χ1) is 7.17. The monoisotopic (exact) mass is 220 g/mol. The average molecular weight is 220 g/mol. The number of methoxy groups -OCH3 is 1. The lowest BCUT2D eigenvalue weighted by atomic mass is 9.99. The fraction of sp³-hybridized carbons (Fsp3) is 1.00. The number of fused-ring (bicyclic) bond motifs is 1. The maximum atomic E-state index is 9.83. The Labute approximate surface area is 87.7 Å². The van der Waals surface area contributed by atoms with Crippen LogP contribution in [0, 0.1) is 0 Å². The number of aliphatic hydroxyl groups excluding tert-OH is 2. The van der Waals surface area contributed by atoms with Crippen molar-refractivity contribution in [3.05, 3.63) is 0 Å². The number of ether oxygens (including phenoxy) is 4. The minimum atomic E-state index is -0.896. The largest absolute Gasteiger partial charge is 0.394 e. The lowest BCUT2D eigenvalue weighted by Crippen LogP contribution is -2.57. The van der Waals surface area contributed by atoms with Gasteiger partial charge in [0.2, 0.25) is 0 Å². The van der Waals surface area contributed by atoms with Crippen molar-refractivity contribution in [3.63, 3.8) is 0 Å². The Morgan fingerprint density at radius 1 is 1.20 bits per heavy atom. The normalized spacial score (nSPS) is 50.4. The highest BCUT2D eigenvalue weighted by Crippen LogP contribution is 2.32. The van der Waals surface area contributed by atoms with Gasteiger partial charge in [0.25, 0.3) is 0 Å². The maximum absolute atomic E-state index is 9.83. The molecule has 2 rings (SSSR count). The second kappa shape index (κ2) is 4.32. The molecular weight excluding hydrogens is 204 g/mol. The Kier molecular flexibility index (Phi) is 3.24. The zero-order chi connectivity index (χ0) is 11.0. The molecule has 0 bridgehead atoms. The molecule has 6 nitrogen and oxygen atoms in total. The minimum Gasteiger partial charge on any atom is -0.394 e. The van der Waals surface area contributed by atoms with Gasteiger partial charge >= 0.3 is 0 Å². The van der Waals surface area contributed by atoms with E-state index < -0.39 is 37.0 Å². The number of aliphatic hydroxyl groups is 2. The third kappa shape index (κ3) is 1.89. The van der Waals surface area contributed by atoms with Gasteiger partial charge in [-0.2, -0.15) is 0 Å². The van der Waals surface area contributed by atoms with Crippen molar-refractivity contribution in [3.8, 4) is 0 Å². The summed E-state index contributed by atoms with van der Waals surface area (Å²) < 4.78 is 21.1. The van der Waals surface area contributed by atoms with Gasteiger partial charge in [-0.3, -0.25) is 0 Å². The molecule has 0 saturated carbocycles. The van der Waals surface area contributed by atoms with Gasteiger partial charge in [-0.1, -0.05) is 0 Å². The molecule has 6 heteroatoms. The number of rotatable bonds is 2. The summed E-state index contributed by atoms with van der Waals surface area (Å²) in [6.07, 6.45) is -3.54. The van der Waals surface area contributed by atoms with Crippen LogP contribution < -0.4 is 0 Å². The standard InChI is InChI=1S/C9H16O6/c1-4-13-7-5(3-10)15-9(12-2)6(11)8(7)14-4/h4-11H,3H2,1-2H3/t4?,5-,6-,7+,8-,9-/m1/s1. The molecule has 0 radical (unpaired) electrons. The van der Waals surface area contributed by atoms with E-state index in [0.29, 0.717) is 0 Å². The first-order valence-corrected chi connectivity index (χ1v) is 4.95. The maximum Gasteiger partial charge on any atom is 0.186 e. The summed E-state index contributed by atoms with van der Waals surface area (Å²) in [4.78, 5) is 0. The average Bonchev–Trinajstić information content (AvgIpc) is 2.61.